The normalized spacial score (nSPS) is 13.8. The molecule has 0 spiro atoms. The van der Waals surface area contributed by atoms with Crippen LogP contribution in [0.15, 0.2) is 59.0 Å². The second-order valence-electron chi connectivity index (χ2n) is 6.99. The molecule has 32 heavy (non-hydrogen) atoms. The van der Waals surface area contributed by atoms with E-state index in [1.807, 2.05) is 48.0 Å². The molecule has 3 aromatic rings. The van der Waals surface area contributed by atoms with Crippen LogP contribution < -0.4 is 0 Å². The van der Waals surface area contributed by atoms with Gasteiger partial charge in [0.05, 0.1) is 37.1 Å². The van der Waals surface area contributed by atoms with Crippen LogP contribution in [0.4, 0.5) is 0 Å². The van der Waals surface area contributed by atoms with E-state index in [0.29, 0.717) is 5.76 Å². The monoisotopic (exact) mass is 470 g/mol. The maximum Gasteiger partial charge on any atom is 0.333 e. The van der Waals surface area contributed by atoms with Gasteiger partial charge in [0.2, 0.25) is 0 Å². The smallest absolute Gasteiger partial charge is 0.333 e. The molecule has 0 fully saturated rings. The van der Waals surface area contributed by atoms with Crippen LogP contribution in [-0.4, -0.2) is 43.4 Å². The van der Waals surface area contributed by atoms with Crippen molar-refractivity contribution in [2.75, 3.05) is 21.3 Å². The SMILES string of the molecule is COC(=O)/C=C(/OC)[C@H](C)[C@H](/C=C\c1csc(-c2csc(Cc3ccccc3)n2)n1)OC. The number of carbonyl (C=O) groups excluding carboxylic acids is 1. The van der Waals surface area contributed by atoms with E-state index >= 15 is 0 Å². The lowest BCUT2D eigenvalue weighted by Gasteiger charge is -2.21. The van der Waals surface area contributed by atoms with Crippen molar-refractivity contribution in [1.29, 1.82) is 0 Å². The molecular weight excluding hydrogens is 444 g/mol. The average Bonchev–Trinajstić information content (AvgIpc) is 3.47. The highest BCUT2D eigenvalue weighted by atomic mass is 32.1. The quantitative estimate of drug-likeness (QED) is 0.230. The van der Waals surface area contributed by atoms with Gasteiger partial charge in [-0.3, -0.25) is 0 Å². The zero-order valence-corrected chi connectivity index (χ0v) is 20.1. The van der Waals surface area contributed by atoms with Crippen LogP contribution in [0.25, 0.3) is 16.8 Å². The number of carbonyl (C=O) groups is 1. The Morgan fingerprint density at radius 3 is 2.53 bits per heavy atom. The Morgan fingerprint density at radius 2 is 1.84 bits per heavy atom. The lowest BCUT2D eigenvalue weighted by molar-refractivity contribution is -0.135. The third kappa shape index (κ3) is 6.35. The predicted octanol–water partition coefficient (Wildman–Crippen LogP) is 5.23. The predicted molar refractivity (Wildman–Crippen MR) is 129 cm³/mol. The Hall–Kier alpha value is -2.81. The Labute approximate surface area is 196 Å². The topological polar surface area (TPSA) is 70.5 Å². The molecule has 0 aliphatic carbocycles. The molecule has 1 aromatic carbocycles. The largest absolute Gasteiger partial charge is 0.500 e. The molecule has 0 aliphatic rings. The molecule has 168 valence electrons. The maximum absolute atomic E-state index is 11.6. The minimum absolute atomic E-state index is 0.183. The van der Waals surface area contributed by atoms with Crippen LogP contribution in [0.5, 0.6) is 0 Å². The van der Waals surface area contributed by atoms with Gasteiger partial charge in [-0.2, -0.15) is 0 Å². The number of methoxy groups -OCH3 is 3. The molecule has 0 N–H and O–H groups in total. The molecule has 2 heterocycles. The Kier molecular flexibility index (Phi) is 8.72. The van der Waals surface area contributed by atoms with Gasteiger partial charge in [0.1, 0.15) is 16.5 Å². The van der Waals surface area contributed by atoms with Crippen molar-refractivity contribution in [2.24, 2.45) is 5.92 Å². The molecule has 0 unspecified atom stereocenters. The number of hydrogen-bond acceptors (Lipinski definition) is 8. The fourth-order valence-corrected chi connectivity index (χ4v) is 4.73. The number of hydrogen-bond donors (Lipinski definition) is 0. The van der Waals surface area contributed by atoms with Crippen molar-refractivity contribution >= 4 is 34.7 Å². The van der Waals surface area contributed by atoms with Crippen molar-refractivity contribution in [3.63, 3.8) is 0 Å². The summed E-state index contributed by atoms with van der Waals surface area (Å²) in [5.41, 5.74) is 2.96. The van der Waals surface area contributed by atoms with E-state index < -0.39 is 5.97 Å². The van der Waals surface area contributed by atoms with E-state index in [2.05, 4.69) is 16.9 Å². The Balaban J connectivity index is 1.68. The zero-order valence-electron chi connectivity index (χ0n) is 18.5. The van der Waals surface area contributed by atoms with Gasteiger partial charge in [0.15, 0.2) is 0 Å². The lowest BCUT2D eigenvalue weighted by atomic mass is 10.0. The maximum atomic E-state index is 11.6. The highest BCUT2D eigenvalue weighted by Gasteiger charge is 2.20. The van der Waals surface area contributed by atoms with Gasteiger partial charge >= 0.3 is 5.97 Å². The molecular formula is C24H26N2O4S2. The molecule has 0 amide bonds. The number of aromatic nitrogens is 2. The van der Waals surface area contributed by atoms with Gasteiger partial charge in [-0.1, -0.05) is 43.3 Å². The summed E-state index contributed by atoms with van der Waals surface area (Å²) in [5.74, 6) is -0.162. The van der Waals surface area contributed by atoms with Gasteiger partial charge in [0, 0.05) is 30.2 Å². The summed E-state index contributed by atoms with van der Waals surface area (Å²) in [5, 5.41) is 5.98. The van der Waals surface area contributed by atoms with Gasteiger partial charge in [0.25, 0.3) is 0 Å². The van der Waals surface area contributed by atoms with Crippen molar-refractivity contribution in [1.82, 2.24) is 9.97 Å². The van der Waals surface area contributed by atoms with Gasteiger partial charge < -0.3 is 14.2 Å². The minimum atomic E-state index is -0.466. The standard InChI is InChI=1S/C24H26N2O4S2/c1-16(21(29-3)13-23(27)30-4)20(28-2)11-10-18-14-32-24(25-18)19-15-31-22(26-19)12-17-8-6-5-7-9-17/h5-11,13-16,20H,12H2,1-4H3/b11-10-,21-13+/t16-,20+/m1/s1. The number of rotatable bonds is 10. The van der Waals surface area contributed by atoms with E-state index in [1.54, 1.807) is 29.8 Å². The minimum Gasteiger partial charge on any atom is -0.500 e. The first-order valence-corrected chi connectivity index (χ1v) is 11.8. The Morgan fingerprint density at radius 1 is 1.06 bits per heavy atom. The van der Waals surface area contributed by atoms with Crippen LogP contribution in [0, 0.1) is 5.92 Å². The van der Waals surface area contributed by atoms with Crippen LogP contribution in [-0.2, 0) is 25.4 Å². The summed E-state index contributed by atoms with van der Waals surface area (Å²) in [6.45, 7) is 1.92. The molecule has 0 aliphatic heterocycles. The summed E-state index contributed by atoms with van der Waals surface area (Å²) in [6, 6.07) is 10.3. The second kappa shape index (κ2) is 11.7. The third-order valence-electron chi connectivity index (χ3n) is 4.86. The lowest BCUT2D eigenvalue weighted by Crippen LogP contribution is -2.21. The molecule has 8 heteroatoms. The van der Waals surface area contributed by atoms with E-state index in [9.17, 15) is 4.79 Å². The van der Waals surface area contributed by atoms with Gasteiger partial charge in [-0.25, -0.2) is 14.8 Å². The molecule has 2 aromatic heterocycles. The van der Waals surface area contributed by atoms with Crippen molar-refractivity contribution in [3.05, 3.63) is 75.3 Å². The molecule has 2 atom stereocenters. The summed E-state index contributed by atoms with van der Waals surface area (Å²) in [6.07, 6.45) is 5.68. The molecule has 3 rings (SSSR count). The molecule has 6 nitrogen and oxygen atoms in total. The average molecular weight is 471 g/mol. The van der Waals surface area contributed by atoms with Crippen molar-refractivity contribution in [2.45, 2.75) is 19.4 Å². The van der Waals surface area contributed by atoms with Crippen LogP contribution in [0.1, 0.15) is 23.2 Å². The third-order valence-corrected chi connectivity index (χ3v) is 6.59. The first-order chi connectivity index (χ1) is 15.5. The first-order valence-electron chi connectivity index (χ1n) is 10.0. The number of nitrogens with zero attached hydrogens (tertiary/aromatic N) is 2. The fraction of sp³-hybridized carbons (Fsp3) is 0.292. The van der Waals surface area contributed by atoms with E-state index in [-0.39, 0.29) is 12.0 Å². The van der Waals surface area contributed by atoms with Crippen LogP contribution >= 0.6 is 22.7 Å². The highest BCUT2D eigenvalue weighted by Crippen LogP contribution is 2.27. The Bertz CT molecular complexity index is 1070. The van der Waals surface area contributed by atoms with Crippen molar-refractivity contribution < 1.29 is 19.0 Å². The number of ether oxygens (including phenoxy) is 3. The van der Waals surface area contributed by atoms with E-state index in [4.69, 9.17) is 19.4 Å². The molecule has 0 bridgehead atoms. The van der Waals surface area contributed by atoms with E-state index in [1.165, 1.54) is 25.9 Å². The van der Waals surface area contributed by atoms with Crippen LogP contribution in [0.2, 0.25) is 0 Å². The summed E-state index contributed by atoms with van der Waals surface area (Å²) < 4.78 is 15.6. The van der Waals surface area contributed by atoms with Crippen LogP contribution in [0.3, 0.4) is 0 Å². The molecule has 0 radical (unpaired) electrons. The highest BCUT2D eigenvalue weighted by molar-refractivity contribution is 7.14. The van der Waals surface area contributed by atoms with E-state index in [0.717, 1.165) is 27.8 Å². The fourth-order valence-electron chi connectivity index (χ4n) is 3.10. The number of thiazole rings is 2. The number of benzene rings is 1. The first kappa shape index (κ1) is 23.8. The number of esters is 1. The summed E-state index contributed by atoms with van der Waals surface area (Å²) in [7, 11) is 4.47. The second-order valence-corrected chi connectivity index (χ2v) is 8.79. The summed E-state index contributed by atoms with van der Waals surface area (Å²) in [4.78, 5) is 21.0. The van der Waals surface area contributed by atoms with Gasteiger partial charge in [-0.05, 0) is 11.6 Å². The molecule has 0 saturated heterocycles. The zero-order chi connectivity index (χ0) is 22.9. The summed E-state index contributed by atoms with van der Waals surface area (Å²) >= 11 is 3.20. The van der Waals surface area contributed by atoms with Crippen molar-refractivity contribution in [3.8, 4) is 10.7 Å². The van der Waals surface area contributed by atoms with Gasteiger partial charge in [-0.15, -0.1) is 22.7 Å². The molecule has 0 saturated carbocycles.